The Morgan fingerprint density at radius 3 is 2.58 bits per heavy atom. The van der Waals surface area contributed by atoms with Crippen molar-refractivity contribution in [2.24, 2.45) is 0 Å². The van der Waals surface area contributed by atoms with Crippen LogP contribution >= 0.6 is 11.8 Å². The average Bonchev–Trinajstić information content (AvgIpc) is 2.96. The summed E-state index contributed by atoms with van der Waals surface area (Å²) < 4.78 is 28.0. The second-order valence-electron chi connectivity index (χ2n) is 7.79. The third-order valence-electron chi connectivity index (χ3n) is 6.07. The first-order valence-corrected chi connectivity index (χ1v) is 12.6. The Bertz CT molecular complexity index is 752. The van der Waals surface area contributed by atoms with Crippen LogP contribution < -0.4 is 4.90 Å². The first kappa shape index (κ1) is 18.6. The van der Waals surface area contributed by atoms with Crippen molar-refractivity contribution in [3.05, 3.63) is 5.82 Å². The van der Waals surface area contributed by atoms with Crippen molar-refractivity contribution in [1.29, 1.82) is 0 Å². The molecule has 3 fully saturated rings. The zero-order valence-electron chi connectivity index (χ0n) is 15.7. The van der Waals surface area contributed by atoms with Crippen LogP contribution in [0.4, 0.5) is 5.95 Å². The minimum absolute atomic E-state index is 0.158. The van der Waals surface area contributed by atoms with E-state index in [4.69, 9.17) is 0 Å². The summed E-state index contributed by atoms with van der Waals surface area (Å²) in [5.41, 5.74) is 0. The summed E-state index contributed by atoms with van der Waals surface area (Å²) in [6, 6.07) is -0.158. The molecule has 146 valence electrons. The van der Waals surface area contributed by atoms with E-state index in [0.29, 0.717) is 11.3 Å². The Kier molecular flexibility index (Phi) is 4.98. The average molecular weight is 400 g/mol. The summed E-state index contributed by atoms with van der Waals surface area (Å²) in [5.74, 6) is 2.85. The van der Waals surface area contributed by atoms with Crippen molar-refractivity contribution in [3.8, 4) is 0 Å². The highest BCUT2D eigenvalue weighted by atomic mass is 32.2. The summed E-state index contributed by atoms with van der Waals surface area (Å²) in [6.07, 6.45) is 8.72. The normalized spacial score (nSPS) is 26.8. The van der Waals surface area contributed by atoms with Crippen LogP contribution in [0, 0.1) is 0 Å². The van der Waals surface area contributed by atoms with Crippen molar-refractivity contribution >= 4 is 27.7 Å². The molecule has 1 aliphatic carbocycles. The molecule has 3 heterocycles. The summed E-state index contributed by atoms with van der Waals surface area (Å²) in [7, 11) is -3.19. The second-order valence-corrected chi connectivity index (χ2v) is 11.3. The highest BCUT2D eigenvalue weighted by molar-refractivity contribution is 8.00. The Labute approximate surface area is 160 Å². The van der Waals surface area contributed by atoms with Crippen LogP contribution in [0.5, 0.6) is 0 Å². The van der Waals surface area contributed by atoms with E-state index >= 15 is 0 Å². The number of thioether (sulfide) groups is 1. The smallest absolute Gasteiger partial charge is 0.227 e. The third kappa shape index (κ3) is 3.26. The number of aromatic nitrogens is 3. The molecule has 0 amide bonds. The van der Waals surface area contributed by atoms with E-state index in [1.807, 2.05) is 0 Å². The zero-order chi connectivity index (χ0) is 18.4. The molecule has 4 rings (SSSR count). The molecule has 26 heavy (non-hydrogen) atoms. The van der Waals surface area contributed by atoms with E-state index in [1.165, 1.54) is 38.4 Å². The molecule has 1 atom stereocenters. The van der Waals surface area contributed by atoms with Crippen LogP contribution in [0.15, 0.2) is 0 Å². The van der Waals surface area contributed by atoms with Crippen LogP contribution in [0.25, 0.3) is 0 Å². The number of rotatable bonds is 4. The molecule has 0 N–H and O–H groups in total. The van der Waals surface area contributed by atoms with Gasteiger partial charge >= 0.3 is 0 Å². The van der Waals surface area contributed by atoms with Gasteiger partial charge in [0.25, 0.3) is 0 Å². The topological polar surface area (TPSA) is 71.3 Å². The first-order chi connectivity index (χ1) is 12.4. The number of sulfonamides is 1. The van der Waals surface area contributed by atoms with Gasteiger partial charge in [-0.2, -0.15) is 16.1 Å². The molecular formula is C17H29N5O2S2. The van der Waals surface area contributed by atoms with Crippen LogP contribution in [-0.2, 0) is 16.6 Å². The second kappa shape index (κ2) is 6.98. The molecule has 1 saturated carbocycles. The lowest BCUT2D eigenvalue weighted by Gasteiger charge is -2.45. The molecule has 1 spiro atoms. The maximum Gasteiger partial charge on any atom is 0.227 e. The molecule has 9 heteroatoms. The van der Waals surface area contributed by atoms with E-state index in [2.05, 4.69) is 38.3 Å². The van der Waals surface area contributed by atoms with Crippen LogP contribution in [0.3, 0.4) is 0 Å². The molecule has 0 radical (unpaired) electrons. The molecule has 3 aliphatic rings. The molecule has 0 bridgehead atoms. The van der Waals surface area contributed by atoms with Crippen molar-refractivity contribution in [2.75, 3.05) is 36.5 Å². The van der Waals surface area contributed by atoms with Gasteiger partial charge in [0.2, 0.25) is 16.0 Å². The fraction of sp³-hybridized carbons (Fsp3) is 0.882. The lowest BCUT2D eigenvalue weighted by molar-refractivity contribution is 0.189. The van der Waals surface area contributed by atoms with E-state index in [-0.39, 0.29) is 6.04 Å². The number of anilines is 1. The molecule has 1 aromatic rings. The fourth-order valence-corrected chi connectivity index (χ4v) is 7.29. The minimum Gasteiger partial charge on any atom is -0.339 e. The van der Waals surface area contributed by atoms with Crippen LogP contribution in [0.2, 0.25) is 0 Å². The molecule has 1 aromatic heterocycles. The van der Waals surface area contributed by atoms with Gasteiger partial charge in [0, 0.05) is 36.7 Å². The maximum atomic E-state index is 12.0. The lowest BCUT2D eigenvalue weighted by atomic mass is 9.87. The van der Waals surface area contributed by atoms with Gasteiger partial charge in [-0.25, -0.2) is 8.42 Å². The van der Waals surface area contributed by atoms with Gasteiger partial charge in [-0.05, 0) is 26.2 Å². The summed E-state index contributed by atoms with van der Waals surface area (Å²) in [4.78, 5) is 2.39. The predicted octanol–water partition coefficient (Wildman–Crippen LogP) is 2.26. The molecule has 0 aromatic carbocycles. The SMILES string of the molecule is CCn1c(C2CCN2S(C)(=O)=O)nnc1N1CCSC2(CCCCC2)C1. The highest BCUT2D eigenvalue weighted by Crippen LogP contribution is 2.44. The largest absolute Gasteiger partial charge is 0.339 e. The van der Waals surface area contributed by atoms with Gasteiger partial charge in [0.15, 0.2) is 5.82 Å². The standard InChI is InChI=1S/C17H29N5O2S2/c1-3-21-15(14-7-10-22(14)26(2,23)24)18-19-16(21)20-11-12-25-17(13-20)8-5-4-6-9-17/h14H,3-13H2,1-2H3. The monoisotopic (exact) mass is 399 g/mol. The molecule has 2 saturated heterocycles. The van der Waals surface area contributed by atoms with Gasteiger partial charge in [0.05, 0.1) is 12.3 Å². The summed E-state index contributed by atoms with van der Waals surface area (Å²) in [6.45, 7) is 5.47. The summed E-state index contributed by atoms with van der Waals surface area (Å²) >= 11 is 2.14. The van der Waals surface area contributed by atoms with E-state index in [9.17, 15) is 8.42 Å². The molecular weight excluding hydrogens is 370 g/mol. The zero-order valence-corrected chi connectivity index (χ0v) is 17.4. The van der Waals surface area contributed by atoms with E-state index in [0.717, 1.165) is 43.6 Å². The Morgan fingerprint density at radius 2 is 1.96 bits per heavy atom. The van der Waals surface area contributed by atoms with Gasteiger partial charge < -0.3 is 4.90 Å². The van der Waals surface area contributed by atoms with Crippen molar-refractivity contribution < 1.29 is 8.42 Å². The lowest BCUT2D eigenvalue weighted by Crippen LogP contribution is -2.49. The van der Waals surface area contributed by atoms with Gasteiger partial charge in [-0.1, -0.05) is 19.3 Å². The van der Waals surface area contributed by atoms with Crippen molar-refractivity contribution in [3.63, 3.8) is 0 Å². The molecule has 2 aliphatic heterocycles. The van der Waals surface area contributed by atoms with Crippen LogP contribution in [-0.4, -0.2) is 63.9 Å². The van der Waals surface area contributed by atoms with Gasteiger partial charge in [-0.3, -0.25) is 4.57 Å². The highest BCUT2D eigenvalue weighted by Gasteiger charge is 2.42. The molecule has 1 unspecified atom stereocenters. The number of hydrogen-bond donors (Lipinski definition) is 0. The van der Waals surface area contributed by atoms with Crippen molar-refractivity contribution in [2.45, 2.75) is 62.8 Å². The molecule has 7 nitrogen and oxygen atoms in total. The summed E-state index contributed by atoms with van der Waals surface area (Å²) in [5, 5.41) is 8.96. The minimum atomic E-state index is -3.19. The number of hydrogen-bond acceptors (Lipinski definition) is 6. The Hall–Kier alpha value is -0.800. The van der Waals surface area contributed by atoms with Gasteiger partial charge in [0.1, 0.15) is 0 Å². The van der Waals surface area contributed by atoms with Gasteiger partial charge in [-0.15, -0.1) is 10.2 Å². The maximum absolute atomic E-state index is 12.0. The Balaban J connectivity index is 1.59. The first-order valence-electron chi connectivity index (χ1n) is 9.72. The third-order valence-corrected chi connectivity index (χ3v) is 8.89. The fourth-order valence-electron chi connectivity index (χ4n) is 4.62. The predicted molar refractivity (Wildman–Crippen MR) is 105 cm³/mol. The van der Waals surface area contributed by atoms with E-state index < -0.39 is 10.0 Å². The van der Waals surface area contributed by atoms with Crippen molar-refractivity contribution in [1.82, 2.24) is 19.1 Å². The Morgan fingerprint density at radius 1 is 1.19 bits per heavy atom. The quantitative estimate of drug-likeness (QED) is 0.773. The van der Waals surface area contributed by atoms with Crippen LogP contribution in [0.1, 0.15) is 57.3 Å². The number of nitrogens with zero attached hydrogens (tertiary/aromatic N) is 5. The van der Waals surface area contributed by atoms with E-state index in [1.54, 1.807) is 4.31 Å².